The highest BCUT2D eigenvalue weighted by Gasteiger charge is 2.41. The normalized spacial score (nSPS) is 15.2. The summed E-state index contributed by atoms with van der Waals surface area (Å²) in [6, 6.07) is 8.08. The molecule has 3 aromatic heterocycles. The number of nitrogens with one attached hydrogen (secondary N) is 1. The van der Waals surface area contributed by atoms with Crippen molar-refractivity contribution < 1.29 is 13.7 Å². The number of hydrogen-bond donors (Lipinski definition) is 1. The summed E-state index contributed by atoms with van der Waals surface area (Å²) < 4.78 is 19.3. The smallest absolute Gasteiger partial charge is 0.187 e. The molecule has 3 heterocycles. The highest BCUT2D eigenvalue weighted by atomic mass is 19.1. The van der Waals surface area contributed by atoms with Crippen molar-refractivity contribution in [3.8, 4) is 11.5 Å². The zero-order valence-corrected chi connectivity index (χ0v) is 14.8. The first-order valence-corrected chi connectivity index (χ1v) is 8.74. The molecule has 27 heavy (non-hydrogen) atoms. The number of ketones is 1. The van der Waals surface area contributed by atoms with Crippen LogP contribution in [-0.4, -0.2) is 32.7 Å². The number of anilines is 1. The van der Waals surface area contributed by atoms with E-state index >= 15 is 0 Å². The van der Waals surface area contributed by atoms with E-state index in [1.807, 2.05) is 0 Å². The molecule has 0 aliphatic heterocycles. The van der Waals surface area contributed by atoms with Gasteiger partial charge in [0.2, 0.25) is 0 Å². The fourth-order valence-electron chi connectivity index (χ4n) is 3.26. The van der Waals surface area contributed by atoms with Crippen molar-refractivity contribution in [1.29, 1.82) is 0 Å². The van der Waals surface area contributed by atoms with Crippen LogP contribution in [0.4, 0.5) is 10.2 Å². The summed E-state index contributed by atoms with van der Waals surface area (Å²) in [6.45, 7) is 1.95. The van der Waals surface area contributed by atoms with Crippen LogP contribution < -0.4 is 5.32 Å². The molecule has 7 nitrogen and oxygen atoms in total. The molecule has 1 saturated carbocycles. The van der Waals surface area contributed by atoms with Crippen molar-refractivity contribution in [1.82, 2.24) is 20.3 Å². The van der Waals surface area contributed by atoms with E-state index in [4.69, 9.17) is 4.52 Å². The third kappa shape index (κ3) is 3.30. The number of rotatable bonds is 6. The second kappa shape index (κ2) is 6.86. The Morgan fingerprint density at radius 2 is 2.15 bits per heavy atom. The van der Waals surface area contributed by atoms with E-state index in [1.54, 1.807) is 24.4 Å². The van der Waals surface area contributed by atoms with Crippen molar-refractivity contribution in [2.24, 2.45) is 0 Å². The number of aromatic nitrogens is 4. The van der Waals surface area contributed by atoms with Crippen LogP contribution in [0.3, 0.4) is 0 Å². The lowest BCUT2D eigenvalue weighted by Gasteiger charge is -2.41. The van der Waals surface area contributed by atoms with E-state index in [2.05, 4.69) is 25.7 Å². The molecular formula is C19H18FN5O2. The first kappa shape index (κ1) is 17.3. The van der Waals surface area contributed by atoms with Gasteiger partial charge in [0, 0.05) is 31.1 Å². The Balaban J connectivity index is 1.47. The molecule has 0 bridgehead atoms. The zero-order chi connectivity index (χ0) is 18.9. The molecule has 3 aromatic rings. The lowest BCUT2D eigenvalue weighted by molar-refractivity contribution is 0.100. The van der Waals surface area contributed by atoms with Crippen molar-refractivity contribution >= 4 is 11.6 Å². The number of pyridine rings is 1. The van der Waals surface area contributed by atoms with Gasteiger partial charge in [0.1, 0.15) is 23.0 Å². The van der Waals surface area contributed by atoms with E-state index in [9.17, 15) is 9.18 Å². The fraction of sp³-hybridized carbons (Fsp3) is 0.316. The molecule has 4 rings (SSSR count). The van der Waals surface area contributed by atoms with Gasteiger partial charge < -0.3 is 9.84 Å². The van der Waals surface area contributed by atoms with Gasteiger partial charge in [0.15, 0.2) is 11.5 Å². The molecule has 1 aliphatic rings. The van der Waals surface area contributed by atoms with E-state index in [1.165, 1.54) is 19.1 Å². The molecule has 0 atom stereocenters. The van der Waals surface area contributed by atoms with E-state index in [0.717, 1.165) is 19.3 Å². The summed E-state index contributed by atoms with van der Waals surface area (Å²) >= 11 is 0. The molecule has 1 fully saturated rings. The summed E-state index contributed by atoms with van der Waals surface area (Å²) in [5.41, 5.74) is 0.923. The molecule has 1 N–H and O–H groups in total. The molecule has 0 unspecified atom stereocenters. The molecule has 0 amide bonds. The number of halogens is 1. The monoisotopic (exact) mass is 367 g/mol. The number of carbonyl (C=O) groups excluding carboxylic acids is 1. The predicted octanol–water partition coefficient (Wildman–Crippen LogP) is 3.40. The maximum atomic E-state index is 14.2. The van der Waals surface area contributed by atoms with Gasteiger partial charge in [0.25, 0.3) is 0 Å². The molecule has 0 saturated heterocycles. The SMILES string of the molecule is CC(=O)c1cc(-c2ccc(NCC3(c4ncccc4F)CCC3)nn2)on1. The molecular weight excluding hydrogens is 349 g/mol. The average molecular weight is 367 g/mol. The van der Waals surface area contributed by atoms with Crippen LogP contribution in [0.2, 0.25) is 0 Å². The molecule has 0 radical (unpaired) electrons. The summed E-state index contributed by atoms with van der Waals surface area (Å²) in [6.07, 6.45) is 4.43. The second-order valence-electron chi connectivity index (χ2n) is 6.76. The van der Waals surface area contributed by atoms with E-state index < -0.39 is 0 Å². The molecule has 138 valence electrons. The van der Waals surface area contributed by atoms with Crippen LogP contribution in [0, 0.1) is 5.82 Å². The summed E-state index contributed by atoms with van der Waals surface area (Å²) in [7, 11) is 0. The Kier molecular flexibility index (Phi) is 4.39. The first-order valence-electron chi connectivity index (χ1n) is 8.74. The van der Waals surface area contributed by atoms with Crippen LogP contribution in [-0.2, 0) is 5.41 Å². The van der Waals surface area contributed by atoms with E-state index in [-0.39, 0.29) is 22.7 Å². The van der Waals surface area contributed by atoms with Crippen molar-refractivity contribution in [2.45, 2.75) is 31.6 Å². The Bertz CT molecular complexity index is 966. The Hall–Kier alpha value is -3.16. The minimum Gasteiger partial charge on any atom is -0.368 e. The summed E-state index contributed by atoms with van der Waals surface area (Å²) in [5, 5.41) is 15.2. The molecule has 0 aromatic carbocycles. The Morgan fingerprint density at radius 3 is 2.74 bits per heavy atom. The van der Waals surface area contributed by atoms with Crippen LogP contribution >= 0.6 is 0 Å². The minimum atomic E-state index is -0.312. The Morgan fingerprint density at radius 1 is 1.30 bits per heavy atom. The van der Waals surface area contributed by atoms with Gasteiger partial charge in [-0.1, -0.05) is 11.6 Å². The number of nitrogens with zero attached hydrogens (tertiary/aromatic N) is 4. The molecule has 0 spiro atoms. The van der Waals surface area contributed by atoms with Crippen LogP contribution in [0.25, 0.3) is 11.5 Å². The zero-order valence-electron chi connectivity index (χ0n) is 14.8. The number of carbonyl (C=O) groups is 1. The molecule has 1 aliphatic carbocycles. The lowest BCUT2D eigenvalue weighted by Crippen LogP contribution is -2.42. The topological polar surface area (TPSA) is 93.8 Å². The maximum absolute atomic E-state index is 14.2. The van der Waals surface area contributed by atoms with Crippen molar-refractivity contribution in [2.75, 3.05) is 11.9 Å². The summed E-state index contributed by atoms with van der Waals surface area (Å²) in [4.78, 5) is 15.6. The van der Waals surface area contributed by atoms with Gasteiger partial charge in [-0.25, -0.2) is 4.39 Å². The lowest BCUT2D eigenvalue weighted by atomic mass is 9.66. The maximum Gasteiger partial charge on any atom is 0.187 e. The van der Waals surface area contributed by atoms with Gasteiger partial charge in [-0.2, -0.15) is 0 Å². The van der Waals surface area contributed by atoms with Crippen molar-refractivity contribution in [3.05, 3.63) is 53.7 Å². The second-order valence-corrected chi connectivity index (χ2v) is 6.76. The third-order valence-corrected chi connectivity index (χ3v) is 4.97. The van der Waals surface area contributed by atoms with Gasteiger partial charge in [-0.05, 0) is 37.1 Å². The fourth-order valence-corrected chi connectivity index (χ4v) is 3.26. The standard InChI is InChI=1S/C19H18FN5O2/c1-12(26)15-10-16(27-25-15)14-5-6-17(24-23-14)22-11-19(7-3-8-19)18-13(20)4-2-9-21-18/h2,4-6,9-10H,3,7-8,11H2,1H3,(H,22,24). The van der Waals surface area contributed by atoms with Gasteiger partial charge in [-0.15, -0.1) is 10.2 Å². The largest absolute Gasteiger partial charge is 0.368 e. The van der Waals surface area contributed by atoms with Crippen molar-refractivity contribution in [3.63, 3.8) is 0 Å². The predicted molar refractivity (Wildman–Crippen MR) is 95.7 cm³/mol. The number of Topliss-reactive ketones (excluding diaryl/α,β-unsaturated/α-hetero) is 1. The summed E-state index contributed by atoms with van der Waals surface area (Å²) in [5.74, 6) is 0.508. The minimum absolute atomic E-state index is 0.177. The third-order valence-electron chi connectivity index (χ3n) is 4.97. The van der Waals surface area contributed by atoms with Crippen LogP contribution in [0.1, 0.15) is 42.4 Å². The number of hydrogen-bond acceptors (Lipinski definition) is 7. The van der Waals surface area contributed by atoms with Gasteiger partial charge >= 0.3 is 0 Å². The quantitative estimate of drug-likeness (QED) is 0.667. The average Bonchev–Trinajstić information content (AvgIpc) is 3.13. The Labute approximate surface area is 155 Å². The first-order chi connectivity index (χ1) is 13.1. The molecule has 8 heteroatoms. The van der Waals surface area contributed by atoms with Gasteiger partial charge in [0.05, 0.1) is 5.69 Å². The van der Waals surface area contributed by atoms with Gasteiger partial charge in [-0.3, -0.25) is 9.78 Å². The highest BCUT2D eigenvalue weighted by Crippen LogP contribution is 2.43. The highest BCUT2D eigenvalue weighted by molar-refractivity contribution is 5.92. The van der Waals surface area contributed by atoms with E-state index in [0.29, 0.717) is 29.5 Å². The van der Waals surface area contributed by atoms with Crippen LogP contribution in [0.5, 0.6) is 0 Å². The van der Waals surface area contributed by atoms with Crippen LogP contribution in [0.15, 0.2) is 41.1 Å².